The van der Waals surface area contributed by atoms with Gasteiger partial charge in [-0.05, 0) is 31.2 Å². The number of piperidine rings is 1. The third-order valence-corrected chi connectivity index (χ3v) is 4.79. The van der Waals surface area contributed by atoms with E-state index >= 15 is 0 Å². The van der Waals surface area contributed by atoms with Crippen LogP contribution in [0.25, 0.3) is 0 Å². The van der Waals surface area contributed by atoms with Crippen molar-refractivity contribution in [3.63, 3.8) is 0 Å². The summed E-state index contributed by atoms with van der Waals surface area (Å²) in [7, 11) is 0. The predicted molar refractivity (Wildman–Crippen MR) is 86.4 cm³/mol. The molecule has 2 aliphatic rings. The first-order valence-corrected chi connectivity index (χ1v) is 8.25. The maximum absolute atomic E-state index is 12.2. The van der Waals surface area contributed by atoms with Crippen LogP contribution in [0.3, 0.4) is 0 Å². The number of hydrogen-bond donors (Lipinski definition) is 2. The Morgan fingerprint density at radius 2 is 2.00 bits per heavy atom. The SMILES string of the molecule is O=C(O)N1CCCC(N2CCCNC2=O)C1Cc1ccccc1. The summed E-state index contributed by atoms with van der Waals surface area (Å²) in [5.41, 5.74) is 1.10. The van der Waals surface area contributed by atoms with Gasteiger partial charge in [0, 0.05) is 19.6 Å². The van der Waals surface area contributed by atoms with Crippen LogP contribution in [0.1, 0.15) is 24.8 Å². The van der Waals surface area contributed by atoms with Crippen LogP contribution in [-0.4, -0.2) is 58.7 Å². The lowest BCUT2D eigenvalue weighted by Crippen LogP contribution is -2.62. The zero-order valence-electron chi connectivity index (χ0n) is 13.1. The van der Waals surface area contributed by atoms with Gasteiger partial charge >= 0.3 is 12.1 Å². The molecule has 0 spiro atoms. The summed E-state index contributed by atoms with van der Waals surface area (Å²) < 4.78 is 0. The highest BCUT2D eigenvalue weighted by Gasteiger charge is 2.39. The highest BCUT2D eigenvalue weighted by Crippen LogP contribution is 2.26. The van der Waals surface area contributed by atoms with Crippen LogP contribution < -0.4 is 5.32 Å². The van der Waals surface area contributed by atoms with E-state index in [1.807, 2.05) is 35.2 Å². The van der Waals surface area contributed by atoms with Crippen molar-refractivity contribution < 1.29 is 14.7 Å². The minimum atomic E-state index is -0.895. The van der Waals surface area contributed by atoms with Crippen molar-refractivity contribution in [3.8, 4) is 0 Å². The molecule has 2 heterocycles. The number of nitrogens with zero attached hydrogens (tertiary/aromatic N) is 2. The number of likely N-dealkylation sites (tertiary alicyclic amines) is 1. The molecule has 0 bridgehead atoms. The number of urea groups is 1. The highest BCUT2D eigenvalue weighted by molar-refractivity contribution is 5.75. The van der Waals surface area contributed by atoms with Crippen LogP contribution in [0.4, 0.5) is 9.59 Å². The Morgan fingerprint density at radius 3 is 2.70 bits per heavy atom. The molecule has 2 fully saturated rings. The van der Waals surface area contributed by atoms with Crippen LogP contribution >= 0.6 is 0 Å². The van der Waals surface area contributed by atoms with Gasteiger partial charge in [-0.15, -0.1) is 0 Å². The fraction of sp³-hybridized carbons (Fsp3) is 0.529. The van der Waals surface area contributed by atoms with Crippen LogP contribution in [0.5, 0.6) is 0 Å². The van der Waals surface area contributed by atoms with Crippen molar-refractivity contribution in [2.75, 3.05) is 19.6 Å². The molecule has 0 aliphatic carbocycles. The number of carbonyl (C=O) groups excluding carboxylic acids is 1. The normalized spacial score (nSPS) is 25.1. The largest absolute Gasteiger partial charge is 0.465 e. The van der Waals surface area contributed by atoms with Gasteiger partial charge in [-0.3, -0.25) is 0 Å². The maximum Gasteiger partial charge on any atom is 0.407 e. The first-order valence-electron chi connectivity index (χ1n) is 8.25. The molecule has 23 heavy (non-hydrogen) atoms. The molecule has 2 atom stereocenters. The van der Waals surface area contributed by atoms with E-state index in [0.717, 1.165) is 24.8 Å². The Kier molecular flexibility index (Phi) is 4.69. The van der Waals surface area contributed by atoms with Crippen molar-refractivity contribution in [3.05, 3.63) is 35.9 Å². The number of carboxylic acid groups (broad SMARTS) is 1. The van der Waals surface area contributed by atoms with Gasteiger partial charge in [0.1, 0.15) is 0 Å². The van der Waals surface area contributed by atoms with E-state index in [-0.39, 0.29) is 18.1 Å². The molecule has 2 N–H and O–H groups in total. The first kappa shape index (κ1) is 15.6. The summed E-state index contributed by atoms with van der Waals surface area (Å²) in [4.78, 5) is 27.2. The van der Waals surface area contributed by atoms with Gasteiger partial charge < -0.3 is 20.2 Å². The lowest BCUT2D eigenvalue weighted by atomic mass is 9.89. The van der Waals surface area contributed by atoms with Crippen molar-refractivity contribution in [1.82, 2.24) is 15.1 Å². The second-order valence-corrected chi connectivity index (χ2v) is 6.22. The third-order valence-electron chi connectivity index (χ3n) is 4.79. The zero-order chi connectivity index (χ0) is 16.2. The standard InChI is InChI=1S/C17H23N3O3/c21-16-18-9-5-11-19(16)14-8-4-10-20(17(22)23)15(14)12-13-6-2-1-3-7-13/h1-3,6-7,14-15H,4-5,8-12H2,(H,18,21)(H,22,23). The molecule has 2 saturated heterocycles. The Bertz CT molecular complexity index is 563. The van der Waals surface area contributed by atoms with E-state index in [0.29, 0.717) is 26.1 Å². The molecule has 0 saturated carbocycles. The number of carbonyl (C=O) groups is 2. The summed E-state index contributed by atoms with van der Waals surface area (Å²) in [6, 6.07) is 9.61. The van der Waals surface area contributed by atoms with Crippen molar-refractivity contribution in [2.45, 2.75) is 37.8 Å². The van der Waals surface area contributed by atoms with Crippen molar-refractivity contribution >= 4 is 12.1 Å². The summed E-state index contributed by atoms with van der Waals surface area (Å²) in [5.74, 6) is 0. The number of hydrogen-bond acceptors (Lipinski definition) is 2. The van der Waals surface area contributed by atoms with E-state index < -0.39 is 6.09 Å². The van der Waals surface area contributed by atoms with Gasteiger partial charge in [0.25, 0.3) is 0 Å². The van der Waals surface area contributed by atoms with E-state index in [1.165, 1.54) is 4.90 Å². The predicted octanol–water partition coefficient (Wildman–Crippen LogP) is 2.16. The van der Waals surface area contributed by atoms with Gasteiger partial charge in [0.15, 0.2) is 0 Å². The second-order valence-electron chi connectivity index (χ2n) is 6.22. The third kappa shape index (κ3) is 3.41. The monoisotopic (exact) mass is 317 g/mol. The zero-order valence-corrected chi connectivity index (χ0v) is 13.1. The Labute approximate surface area is 136 Å². The van der Waals surface area contributed by atoms with Gasteiger partial charge in [-0.25, -0.2) is 9.59 Å². The lowest BCUT2D eigenvalue weighted by Gasteiger charge is -2.46. The van der Waals surface area contributed by atoms with Crippen molar-refractivity contribution in [1.29, 1.82) is 0 Å². The Hall–Kier alpha value is -2.24. The topological polar surface area (TPSA) is 72.9 Å². The quantitative estimate of drug-likeness (QED) is 0.897. The number of benzene rings is 1. The van der Waals surface area contributed by atoms with E-state index in [4.69, 9.17) is 0 Å². The van der Waals surface area contributed by atoms with Gasteiger partial charge in [0.2, 0.25) is 0 Å². The highest BCUT2D eigenvalue weighted by atomic mass is 16.4. The van der Waals surface area contributed by atoms with Crippen LogP contribution in [0.15, 0.2) is 30.3 Å². The molecule has 6 heteroatoms. The summed E-state index contributed by atoms with van der Waals surface area (Å²) in [6.45, 7) is 1.95. The van der Waals surface area contributed by atoms with Crippen LogP contribution in [0.2, 0.25) is 0 Å². The first-order chi connectivity index (χ1) is 11.2. The molecule has 0 radical (unpaired) electrons. The molecule has 2 unspecified atom stereocenters. The minimum absolute atomic E-state index is 0.0552. The van der Waals surface area contributed by atoms with Gasteiger partial charge in [-0.1, -0.05) is 30.3 Å². The van der Waals surface area contributed by atoms with Crippen LogP contribution in [0, 0.1) is 0 Å². The number of nitrogens with one attached hydrogen (secondary N) is 1. The molecule has 1 aromatic rings. The molecular formula is C17H23N3O3. The average Bonchev–Trinajstić information content (AvgIpc) is 2.56. The fourth-order valence-electron chi connectivity index (χ4n) is 3.70. The molecule has 124 valence electrons. The van der Waals surface area contributed by atoms with Gasteiger partial charge in [0.05, 0.1) is 12.1 Å². The maximum atomic E-state index is 12.2. The minimum Gasteiger partial charge on any atom is -0.465 e. The molecule has 0 aromatic heterocycles. The lowest BCUT2D eigenvalue weighted by molar-refractivity contribution is 0.0493. The second kappa shape index (κ2) is 6.89. The molecule has 2 aliphatic heterocycles. The molecular weight excluding hydrogens is 294 g/mol. The average molecular weight is 317 g/mol. The molecule has 3 amide bonds. The smallest absolute Gasteiger partial charge is 0.407 e. The Balaban J connectivity index is 1.85. The number of rotatable bonds is 3. The molecule has 1 aromatic carbocycles. The van der Waals surface area contributed by atoms with E-state index in [1.54, 1.807) is 0 Å². The van der Waals surface area contributed by atoms with E-state index in [2.05, 4.69) is 5.32 Å². The summed E-state index contributed by atoms with van der Waals surface area (Å²) in [6.07, 6.45) is 2.31. The van der Waals surface area contributed by atoms with Crippen LogP contribution in [-0.2, 0) is 6.42 Å². The summed E-state index contributed by atoms with van der Waals surface area (Å²) in [5, 5.41) is 12.5. The Morgan fingerprint density at radius 1 is 1.22 bits per heavy atom. The van der Waals surface area contributed by atoms with Crippen molar-refractivity contribution in [2.24, 2.45) is 0 Å². The molecule has 3 rings (SSSR count). The molecule has 6 nitrogen and oxygen atoms in total. The number of amides is 3. The van der Waals surface area contributed by atoms with E-state index in [9.17, 15) is 14.7 Å². The summed E-state index contributed by atoms with van der Waals surface area (Å²) >= 11 is 0. The fourth-order valence-corrected chi connectivity index (χ4v) is 3.70. The van der Waals surface area contributed by atoms with Gasteiger partial charge in [-0.2, -0.15) is 0 Å².